The van der Waals surface area contributed by atoms with Crippen LogP contribution >= 0.6 is 7.82 Å². The quantitative estimate of drug-likeness (QED) is 0.0134. The normalized spacial score (nSPS) is 22.3. The van der Waals surface area contributed by atoms with Gasteiger partial charge in [-0.25, -0.2) is 4.57 Å². The molecule has 7 N–H and O–H groups in total. The molecule has 360 valence electrons. The van der Waals surface area contributed by atoms with Crippen LogP contribution < -0.4 is 0 Å². The maximum absolute atomic E-state index is 12.8. The summed E-state index contributed by atoms with van der Waals surface area (Å²) in [6.45, 7) is 1.26. The molecule has 14 nitrogen and oxygen atoms in total. The topological polar surface area (TPSA) is 230 Å². The molecule has 0 aromatic carbocycles. The summed E-state index contributed by atoms with van der Waals surface area (Å²) in [5.41, 5.74) is 0. The minimum atomic E-state index is -5.14. The summed E-state index contributed by atoms with van der Waals surface area (Å²) in [5, 5.41) is 58.9. The largest absolute Gasteiger partial charge is 0.472 e. The van der Waals surface area contributed by atoms with Crippen LogP contribution in [0.15, 0.2) is 48.6 Å². The minimum Gasteiger partial charge on any atom is -0.462 e. The van der Waals surface area contributed by atoms with Crippen molar-refractivity contribution in [2.75, 3.05) is 19.8 Å². The van der Waals surface area contributed by atoms with Gasteiger partial charge < -0.3 is 45.0 Å². The number of rotatable bonds is 39. The highest BCUT2D eigenvalue weighted by Crippen LogP contribution is 2.47. The summed E-state index contributed by atoms with van der Waals surface area (Å²) in [4.78, 5) is 35.7. The number of hydrogen-bond donors (Lipinski definition) is 7. The molecule has 0 saturated heterocycles. The van der Waals surface area contributed by atoms with Gasteiger partial charge in [0.05, 0.1) is 6.61 Å². The first kappa shape index (κ1) is 57.8. The number of allylic oxidation sites excluding steroid dienone is 8. The summed E-state index contributed by atoms with van der Waals surface area (Å²) in [6, 6.07) is 0. The van der Waals surface area contributed by atoms with Crippen molar-refractivity contribution in [2.45, 2.75) is 217 Å². The Morgan fingerprint density at radius 1 is 0.532 bits per heavy atom. The van der Waals surface area contributed by atoms with Gasteiger partial charge in [-0.3, -0.25) is 18.6 Å². The zero-order valence-corrected chi connectivity index (χ0v) is 38.5. The Hall–Kier alpha value is -2.23. The predicted octanol–water partition coefficient (Wildman–Crippen LogP) is 8.14. The van der Waals surface area contributed by atoms with E-state index in [-0.39, 0.29) is 19.4 Å². The number of carbonyl (C=O) groups excluding carboxylic acids is 2. The Kier molecular flexibility index (Phi) is 35.5. The lowest BCUT2D eigenvalue weighted by Crippen LogP contribution is -2.64. The fourth-order valence-corrected chi connectivity index (χ4v) is 7.88. The summed E-state index contributed by atoms with van der Waals surface area (Å²) in [5.74, 6) is -1.18. The van der Waals surface area contributed by atoms with E-state index in [0.29, 0.717) is 19.3 Å². The molecule has 62 heavy (non-hydrogen) atoms. The van der Waals surface area contributed by atoms with Gasteiger partial charge in [0.25, 0.3) is 0 Å². The Morgan fingerprint density at radius 2 is 0.952 bits per heavy atom. The van der Waals surface area contributed by atoms with Crippen molar-refractivity contribution in [3.8, 4) is 0 Å². The lowest BCUT2D eigenvalue weighted by molar-refractivity contribution is -0.220. The Labute approximate surface area is 372 Å². The van der Waals surface area contributed by atoms with E-state index in [0.717, 1.165) is 64.2 Å². The van der Waals surface area contributed by atoms with Gasteiger partial charge in [-0.15, -0.1) is 0 Å². The molecule has 0 radical (unpaired) electrons. The molecule has 1 rings (SSSR count). The first-order chi connectivity index (χ1) is 29.9. The molecule has 1 fully saturated rings. The second-order valence-electron chi connectivity index (χ2n) is 16.3. The van der Waals surface area contributed by atoms with Crippen molar-refractivity contribution in [1.82, 2.24) is 0 Å². The van der Waals surface area contributed by atoms with E-state index < -0.39 is 75.7 Å². The molecule has 1 aliphatic carbocycles. The highest BCUT2D eigenvalue weighted by Gasteiger charge is 2.51. The number of aliphatic hydroxyl groups excluding tert-OH is 6. The van der Waals surface area contributed by atoms with Gasteiger partial charge in [-0.05, 0) is 57.8 Å². The van der Waals surface area contributed by atoms with E-state index in [9.17, 15) is 44.6 Å². The van der Waals surface area contributed by atoms with Crippen LogP contribution in [-0.2, 0) is 32.7 Å². The number of esters is 2. The highest BCUT2D eigenvalue weighted by molar-refractivity contribution is 7.47. The van der Waals surface area contributed by atoms with E-state index in [1.54, 1.807) is 0 Å². The van der Waals surface area contributed by atoms with Crippen LogP contribution in [-0.4, -0.2) is 110 Å². The fraction of sp³-hybridized carbons (Fsp3) is 0.787. The molecular weight excluding hydrogens is 819 g/mol. The smallest absolute Gasteiger partial charge is 0.462 e. The Morgan fingerprint density at radius 3 is 1.45 bits per heavy atom. The summed E-state index contributed by atoms with van der Waals surface area (Å²) in [6.07, 6.45) is 28.9. The van der Waals surface area contributed by atoms with E-state index in [4.69, 9.17) is 23.6 Å². The molecule has 0 aromatic rings. The van der Waals surface area contributed by atoms with Gasteiger partial charge in [0.2, 0.25) is 0 Å². The predicted molar refractivity (Wildman–Crippen MR) is 241 cm³/mol. The lowest BCUT2D eigenvalue weighted by Gasteiger charge is -2.41. The Balaban J connectivity index is 2.49. The molecule has 0 heterocycles. The van der Waals surface area contributed by atoms with Crippen molar-refractivity contribution in [3.63, 3.8) is 0 Å². The van der Waals surface area contributed by atoms with Crippen LogP contribution in [0.1, 0.15) is 174 Å². The molecule has 15 heteroatoms. The molecule has 6 atom stereocenters. The molecule has 0 amide bonds. The zero-order valence-electron chi connectivity index (χ0n) is 37.6. The zero-order chi connectivity index (χ0) is 45.7. The van der Waals surface area contributed by atoms with Gasteiger partial charge in [0, 0.05) is 19.4 Å². The number of unbranched alkanes of at least 4 members (excludes halogenated alkanes) is 18. The lowest BCUT2D eigenvalue weighted by atomic mass is 9.85. The number of hydrogen-bond acceptors (Lipinski definition) is 13. The third kappa shape index (κ3) is 30.0. The molecule has 6 unspecified atom stereocenters. The summed E-state index contributed by atoms with van der Waals surface area (Å²) < 4.78 is 33.5. The first-order valence-corrected chi connectivity index (χ1v) is 25.0. The maximum atomic E-state index is 12.8. The second kappa shape index (κ2) is 38.1. The fourth-order valence-electron chi connectivity index (χ4n) is 6.91. The number of ether oxygens (including phenoxy) is 2. The van der Waals surface area contributed by atoms with Crippen LogP contribution in [0.2, 0.25) is 0 Å². The molecule has 1 aliphatic rings. The van der Waals surface area contributed by atoms with Gasteiger partial charge >= 0.3 is 19.8 Å². The monoisotopic (exact) mass is 903 g/mol. The SMILES string of the molecule is CCCCCCCCCCCCCCCCCC(=O)OCC(COP(=O)(O)OC1C(O)C(O)C(O)C(O)C1O)OC(=O)CCCC=CCC=CCC=CCC=CCCCCCO. The average molecular weight is 903 g/mol. The standard InChI is InChI=1S/C47H83O14P/c1-2-3-4-5-6-7-8-9-13-16-19-22-25-28-31-34-40(49)58-37-39(38-59-62(56,57)61-47-45(54)43(52)42(51)44(53)46(47)55)60-41(50)35-32-29-26-23-20-17-14-11-10-12-15-18-21-24-27-30-33-36-48/h10,12,14,17-18,21,23,26,39,42-48,51-55H,2-9,11,13,15-16,19-20,22,24-25,27-38H2,1H3,(H,56,57). The third-order valence-electron chi connectivity index (χ3n) is 10.7. The summed E-state index contributed by atoms with van der Waals surface area (Å²) >= 11 is 0. The molecule has 0 aliphatic heterocycles. The molecular formula is C47H83O14P. The van der Waals surface area contributed by atoms with Crippen molar-refractivity contribution in [2.24, 2.45) is 0 Å². The highest BCUT2D eigenvalue weighted by atomic mass is 31.2. The molecule has 0 bridgehead atoms. The van der Waals surface area contributed by atoms with Crippen molar-refractivity contribution in [1.29, 1.82) is 0 Å². The molecule has 0 aromatic heterocycles. The van der Waals surface area contributed by atoms with Crippen LogP contribution in [0, 0.1) is 0 Å². The van der Waals surface area contributed by atoms with E-state index in [1.807, 2.05) is 12.2 Å². The van der Waals surface area contributed by atoms with Crippen LogP contribution in [0.25, 0.3) is 0 Å². The average Bonchev–Trinajstić information content (AvgIpc) is 3.25. The third-order valence-corrected chi connectivity index (χ3v) is 11.7. The number of carbonyl (C=O) groups is 2. The Bertz CT molecular complexity index is 1270. The summed E-state index contributed by atoms with van der Waals surface area (Å²) in [7, 11) is -5.14. The van der Waals surface area contributed by atoms with Crippen molar-refractivity contribution >= 4 is 19.8 Å². The first-order valence-electron chi connectivity index (χ1n) is 23.6. The number of phosphoric ester groups is 1. The van der Waals surface area contributed by atoms with Crippen LogP contribution in [0.4, 0.5) is 0 Å². The number of phosphoric acid groups is 1. The van der Waals surface area contributed by atoms with Crippen LogP contribution in [0.5, 0.6) is 0 Å². The molecule has 0 spiro atoms. The van der Waals surface area contributed by atoms with Crippen molar-refractivity contribution in [3.05, 3.63) is 48.6 Å². The minimum absolute atomic E-state index is 0.0114. The van der Waals surface area contributed by atoms with Gasteiger partial charge in [-0.1, -0.05) is 152 Å². The van der Waals surface area contributed by atoms with Crippen molar-refractivity contribution < 1.29 is 68.2 Å². The molecule has 1 saturated carbocycles. The van der Waals surface area contributed by atoms with E-state index in [2.05, 4.69) is 43.4 Å². The van der Waals surface area contributed by atoms with E-state index >= 15 is 0 Å². The maximum Gasteiger partial charge on any atom is 0.472 e. The number of aliphatic hydroxyl groups is 6. The van der Waals surface area contributed by atoms with E-state index in [1.165, 1.54) is 70.6 Å². The van der Waals surface area contributed by atoms with Gasteiger partial charge in [-0.2, -0.15) is 0 Å². The second-order valence-corrected chi connectivity index (χ2v) is 17.7. The van der Waals surface area contributed by atoms with Gasteiger partial charge in [0.15, 0.2) is 6.10 Å². The van der Waals surface area contributed by atoms with Gasteiger partial charge in [0.1, 0.15) is 43.2 Å². The van der Waals surface area contributed by atoms with Crippen LogP contribution in [0.3, 0.4) is 0 Å².